The van der Waals surface area contributed by atoms with Crippen LogP contribution in [0.4, 0.5) is 0 Å². The zero-order valence-electron chi connectivity index (χ0n) is 11.0. The lowest BCUT2D eigenvalue weighted by molar-refractivity contribution is -0.144. The molecular formula is C13H11Cl2N3O3. The number of allylic oxidation sites excluding steroid dienone is 1. The summed E-state index contributed by atoms with van der Waals surface area (Å²) < 4.78 is 4.71. The van der Waals surface area contributed by atoms with Crippen molar-refractivity contribution in [2.24, 2.45) is 4.99 Å². The molecule has 1 aromatic rings. The first kappa shape index (κ1) is 15.5. The molecule has 1 aromatic heterocycles. The lowest BCUT2D eigenvalue weighted by Crippen LogP contribution is -2.46. The number of carbonyl (C=O) groups excluding carboxylic acids is 2. The predicted octanol–water partition coefficient (Wildman–Crippen LogP) is 1.67. The Bertz CT molecular complexity index is 611. The van der Waals surface area contributed by atoms with Gasteiger partial charge in [0.25, 0.3) is 5.91 Å². The van der Waals surface area contributed by atoms with Crippen LogP contribution >= 0.6 is 23.2 Å². The molecule has 110 valence electrons. The summed E-state index contributed by atoms with van der Waals surface area (Å²) in [6, 6.07) is 2.75. The topological polar surface area (TPSA) is 80.6 Å². The molecule has 1 atom stereocenters. The summed E-state index contributed by atoms with van der Waals surface area (Å²) in [6.07, 6.45) is 4.65. The third-order valence-corrected chi connectivity index (χ3v) is 3.23. The van der Waals surface area contributed by atoms with E-state index in [2.05, 4.69) is 15.3 Å². The molecule has 1 unspecified atom stereocenters. The Morgan fingerprint density at radius 1 is 1.33 bits per heavy atom. The van der Waals surface area contributed by atoms with Gasteiger partial charge >= 0.3 is 5.97 Å². The van der Waals surface area contributed by atoms with E-state index in [0.29, 0.717) is 0 Å². The van der Waals surface area contributed by atoms with Crippen LogP contribution in [0.2, 0.25) is 10.3 Å². The lowest BCUT2D eigenvalue weighted by atomic mass is 10.0. The van der Waals surface area contributed by atoms with Gasteiger partial charge < -0.3 is 10.1 Å². The van der Waals surface area contributed by atoms with E-state index < -0.39 is 17.4 Å². The molecule has 2 heterocycles. The molecule has 0 spiro atoms. The highest BCUT2D eigenvalue weighted by Gasteiger charge is 2.38. The average molecular weight is 328 g/mol. The lowest BCUT2D eigenvalue weighted by Gasteiger charge is -2.21. The summed E-state index contributed by atoms with van der Waals surface area (Å²) in [4.78, 5) is 31.7. The van der Waals surface area contributed by atoms with E-state index in [1.165, 1.54) is 25.5 Å². The fraction of sp³-hybridized carbons (Fsp3) is 0.231. The van der Waals surface area contributed by atoms with Crippen molar-refractivity contribution in [3.05, 3.63) is 40.2 Å². The van der Waals surface area contributed by atoms with Crippen molar-refractivity contribution < 1.29 is 14.3 Å². The highest BCUT2D eigenvalue weighted by Crippen LogP contribution is 2.19. The van der Waals surface area contributed by atoms with Crippen molar-refractivity contribution in [2.45, 2.75) is 5.54 Å². The van der Waals surface area contributed by atoms with Crippen LogP contribution in [0, 0.1) is 0 Å². The third-order valence-electron chi connectivity index (χ3n) is 2.85. The van der Waals surface area contributed by atoms with Gasteiger partial charge in [0.2, 0.25) is 0 Å². The SMILES string of the molecule is COC(=O)C1(CNC(=O)c2cc(Cl)nc(Cl)c2)C=CC=N1. The summed E-state index contributed by atoms with van der Waals surface area (Å²) in [5, 5.41) is 2.81. The number of pyridine rings is 1. The molecule has 6 nitrogen and oxygen atoms in total. The maximum atomic E-state index is 12.1. The number of ether oxygens (including phenoxy) is 1. The predicted molar refractivity (Wildman–Crippen MR) is 79.0 cm³/mol. The molecule has 8 heteroatoms. The van der Waals surface area contributed by atoms with Crippen molar-refractivity contribution in [2.75, 3.05) is 13.7 Å². The van der Waals surface area contributed by atoms with Gasteiger partial charge in [0.15, 0.2) is 5.54 Å². The number of halogens is 2. The Labute approximate surface area is 130 Å². The van der Waals surface area contributed by atoms with Gasteiger partial charge in [-0.05, 0) is 24.3 Å². The number of nitrogens with one attached hydrogen (secondary N) is 1. The van der Waals surface area contributed by atoms with E-state index in [0.717, 1.165) is 0 Å². The highest BCUT2D eigenvalue weighted by molar-refractivity contribution is 6.33. The van der Waals surface area contributed by atoms with Crippen LogP contribution in [0.1, 0.15) is 10.4 Å². The van der Waals surface area contributed by atoms with Gasteiger partial charge in [-0.1, -0.05) is 23.2 Å². The standard InChI is InChI=1S/C13H11Cl2N3O3/c1-21-12(20)13(3-2-4-17-13)7-16-11(19)8-5-9(14)18-10(15)6-8/h2-6H,7H2,1H3,(H,16,19). The zero-order valence-corrected chi connectivity index (χ0v) is 12.5. The van der Waals surface area contributed by atoms with Crippen molar-refractivity contribution >= 4 is 41.3 Å². The van der Waals surface area contributed by atoms with Gasteiger partial charge in [-0.2, -0.15) is 0 Å². The van der Waals surface area contributed by atoms with E-state index in [1.54, 1.807) is 12.2 Å². The fourth-order valence-electron chi connectivity index (χ4n) is 1.81. The first-order chi connectivity index (χ1) is 9.97. The second-order valence-corrected chi connectivity index (χ2v) is 5.01. The molecule has 0 saturated heterocycles. The maximum Gasteiger partial charge on any atom is 0.339 e. The molecule has 2 rings (SSSR count). The van der Waals surface area contributed by atoms with Crippen LogP contribution in [-0.4, -0.2) is 42.3 Å². The number of aliphatic imine (C=N–C) groups is 1. The monoisotopic (exact) mass is 327 g/mol. The van der Waals surface area contributed by atoms with Gasteiger partial charge in [-0.15, -0.1) is 0 Å². The smallest absolute Gasteiger partial charge is 0.339 e. The summed E-state index contributed by atoms with van der Waals surface area (Å²) >= 11 is 11.5. The number of esters is 1. The largest absolute Gasteiger partial charge is 0.467 e. The number of amides is 1. The van der Waals surface area contributed by atoms with Crippen LogP contribution in [0.3, 0.4) is 0 Å². The molecule has 0 aliphatic carbocycles. The summed E-state index contributed by atoms with van der Waals surface area (Å²) in [6.45, 7) is -0.0386. The third kappa shape index (κ3) is 3.40. The summed E-state index contributed by atoms with van der Waals surface area (Å²) in [5.41, 5.74) is -0.989. The molecule has 0 radical (unpaired) electrons. The molecule has 1 aliphatic heterocycles. The fourth-order valence-corrected chi connectivity index (χ4v) is 2.27. The van der Waals surface area contributed by atoms with Crippen LogP contribution in [0.15, 0.2) is 29.3 Å². The molecule has 0 fully saturated rings. The molecule has 1 aliphatic rings. The first-order valence-corrected chi connectivity index (χ1v) is 6.65. The summed E-state index contributed by atoms with van der Waals surface area (Å²) in [5.74, 6) is -1.00. The average Bonchev–Trinajstić information content (AvgIpc) is 2.93. The van der Waals surface area contributed by atoms with E-state index in [-0.39, 0.29) is 22.4 Å². The number of carbonyl (C=O) groups is 2. The molecule has 0 aromatic carbocycles. The minimum absolute atomic E-state index is 0.0386. The number of nitrogens with zero attached hydrogens (tertiary/aromatic N) is 2. The second-order valence-electron chi connectivity index (χ2n) is 4.24. The Balaban J connectivity index is 2.11. The number of hydrogen-bond acceptors (Lipinski definition) is 5. The van der Waals surface area contributed by atoms with Crippen molar-refractivity contribution in [3.8, 4) is 0 Å². The van der Waals surface area contributed by atoms with Crippen LogP contribution in [0.25, 0.3) is 0 Å². The second kappa shape index (κ2) is 6.24. The van der Waals surface area contributed by atoms with Crippen molar-refractivity contribution in [3.63, 3.8) is 0 Å². The van der Waals surface area contributed by atoms with Crippen molar-refractivity contribution in [1.29, 1.82) is 0 Å². The first-order valence-electron chi connectivity index (χ1n) is 5.89. The van der Waals surface area contributed by atoms with Crippen LogP contribution in [-0.2, 0) is 9.53 Å². The Kier molecular flexibility index (Phi) is 4.59. The highest BCUT2D eigenvalue weighted by atomic mass is 35.5. The van der Waals surface area contributed by atoms with Crippen LogP contribution < -0.4 is 5.32 Å². The zero-order chi connectivity index (χ0) is 15.5. The number of methoxy groups -OCH3 is 1. The summed E-state index contributed by atoms with van der Waals surface area (Å²) in [7, 11) is 1.26. The molecule has 0 saturated carbocycles. The number of rotatable bonds is 4. The Hall–Kier alpha value is -1.92. The number of hydrogen-bond donors (Lipinski definition) is 1. The molecule has 21 heavy (non-hydrogen) atoms. The normalized spacial score (nSPS) is 19.6. The van der Waals surface area contributed by atoms with E-state index in [4.69, 9.17) is 27.9 Å². The van der Waals surface area contributed by atoms with Gasteiger partial charge in [0.05, 0.1) is 13.7 Å². The van der Waals surface area contributed by atoms with Gasteiger partial charge in [-0.25, -0.2) is 9.78 Å². The maximum absolute atomic E-state index is 12.1. The minimum atomic E-state index is -1.23. The Morgan fingerprint density at radius 2 is 2.00 bits per heavy atom. The molecule has 1 amide bonds. The van der Waals surface area contributed by atoms with Crippen molar-refractivity contribution in [1.82, 2.24) is 10.3 Å². The van der Waals surface area contributed by atoms with Crippen LogP contribution in [0.5, 0.6) is 0 Å². The van der Waals surface area contributed by atoms with E-state index in [1.807, 2.05) is 0 Å². The van der Waals surface area contributed by atoms with Gasteiger partial charge in [-0.3, -0.25) is 9.79 Å². The number of aromatic nitrogens is 1. The molecule has 1 N–H and O–H groups in total. The van der Waals surface area contributed by atoms with Gasteiger partial charge in [0, 0.05) is 11.8 Å². The van der Waals surface area contributed by atoms with E-state index in [9.17, 15) is 9.59 Å². The molecule has 0 bridgehead atoms. The molecular weight excluding hydrogens is 317 g/mol. The minimum Gasteiger partial charge on any atom is -0.467 e. The van der Waals surface area contributed by atoms with E-state index >= 15 is 0 Å². The Morgan fingerprint density at radius 3 is 2.52 bits per heavy atom. The van der Waals surface area contributed by atoms with Gasteiger partial charge in [0.1, 0.15) is 10.3 Å². The quantitative estimate of drug-likeness (QED) is 0.673.